The maximum atomic E-state index is 6.52. The molecule has 0 radical (unpaired) electrons. The molecule has 0 spiro atoms. The molecule has 0 aliphatic rings. The average Bonchev–Trinajstić information content (AvgIpc) is 2.67. The first kappa shape index (κ1) is 15.0. The van der Waals surface area contributed by atoms with Crippen LogP contribution in [0.25, 0.3) is 43.4 Å². The van der Waals surface area contributed by atoms with E-state index in [-0.39, 0.29) is 0 Å². The molecule has 5 aromatic rings. The minimum atomic E-state index is 0.826. The third kappa shape index (κ3) is 2.18. The van der Waals surface area contributed by atoms with Crippen molar-refractivity contribution in [2.75, 3.05) is 5.73 Å². The summed E-state index contributed by atoms with van der Waals surface area (Å²) in [5.74, 6) is 0. The Hall–Kier alpha value is -3.32. The molecule has 0 aliphatic carbocycles. The van der Waals surface area contributed by atoms with Gasteiger partial charge in [0.25, 0.3) is 0 Å². The van der Waals surface area contributed by atoms with Gasteiger partial charge in [0.2, 0.25) is 0 Å². The van der Waals surface area contributed by atoms with Crippen molar-refractivity contribution in [3.05, 3.63) is 90.5 Å². The van der Waals surface area contributed by atoms with E-state index in [9.17, 15) is 0 Å². The van der Waals surface area contributed by atoms with Crippen molar-refractivity contribution >= 4 is 38.0 Å². The van der Waals surface area contributed by atoms with E-state index in [0.717, 1.165) is 11.3 Å². The lowest BCUT2D eigenvalue weighted by molar-refractivity contribution is 1.50. The largest absolute Gasteiger partial charge is 0.398 e. The summed E-state index contributed by atoms with van der Waals surface area (Å²) in [7, 11) is 0. The first-order chi connectivity index (χ1) is 12.7. The second-order valence-corrected chi connectivity index (χ2v) is 6.93. The van der Waals surface area contributed by atoms with Crippen LogP contribution in [0.3, 0.4) is 0 Å². The molecule has 0 atom stereocenters. The molecule has 0 bridgehead atoms. The lowest BCUT2D eigenvalue weighted by Crippen LogP contribution is -1.95. The summed E-state index contributed by atoms with van der Waals surface area (Å²) in [4.78, 5) is 0. The van der Waals surface area contributed by atoms with Crippen LogP contribution in [0.4, 0.5) is 5.69 Å². The molecule has 0 aliphatic heterocycles. The number of aryl methyl sites for hydroxylation is 1. The number of fused-ring (bicyclic) bond motifs is 3. The standard InChI is InChI=1S/C25H19N/c1-16-10-11-17-6-4-5-9-21(17)24(16)25-22-15-19-8-3-2-7-18(19)14-20(22)12-13-23(25)26/h2-15H,26H2,1H3. The number of nitrogens with two attached hydrogens (primary N) is 1. The fourth-order valence-corrected chi connectivity index (χ4v) is 4.02. The van der Waals surface area contributed by atoms with E-state index in [0.29, 0.717) is 0 Å². The van der Waals surface area contributed by atoms with Crippen molar-refractivity contribution in [2.45, 2.75) is 6.92 Å². The Bertz CT molecular complexity index is 1300. The molecule has 5 rings (SSSR count). The fourth-order valence-electron chi connectivity index (χ4n) is 4.02. The quantitative estimate of drug-likeness (QED) is 0.268. The monoisotopic (exact) mass is 333 g/mol. The molecule has 0 unspecified atom stereocenters. The van der Waals surface area contributed by atoms with Crippen molar-refractivity contribution in [1.29, 1.82) is 0 Å². The zero-order chi connectivity index (χ0) is 17.7. The van der Waals surface area contributed by atoms with E-state index in [4.69, 9.17) is 5.73 Å². The van der Waals surface area contributed by atoms with Crippen LogP contribution in [0.5, 0.6) is 0 Å². The van der Waals surface area contributed by atoms with Crippen LogP contribution >= 0.6 is 0 Å². The molecule has 124 valence electrons. The van der Waals surface area contributed by atoms with Crippen LogP contribution in [-0.4, -0.2) is 0 Å². The SMILES string of the molecule is Cc1ccc2ccccc2c1-c1c(N)ccc2cc3ccccc3cc12. The van der Waals surface area contributed by atoms with Crippen molar-refractivity contribution in [3.63, 3.8) is 0 Å². The molecule has 0 amide bonds. The van der Waals surface area contributed by atoms with E-state index in [1.165, 1.54) is 43.4 Å². The Morgan fingerprint density at radius 1 is 0.538 bits per heavy atom. The van der Waals surface area contributed by atoms with E-state index < -0.39 is 0 Å². The highest BCUT2D eigenvalue weighted by atomic mass is 14.6. The van der Waals surface area contributed by atoms with Crippen molar-refractivity contribution in [1.82, 2.24) is 0 Å². The third-order valence-electron chi connectivity index (χ3n) is 5.31. The smallest absolute Gasteiger partial charge is 0.0400 e. The predicted molar refractivity (Wildman–Crippen MR) is 114 cm³/mol. The topological polar surface area (TPSA) is 26.0 Å². The lowest BCUT2D eigenvalue weighted by atomic mass is 9.88. The zero-order valence-corrected chi connectivity index (χ0v) is 14.7. The second-order valence-electron chi connectivity index (χ2n) is 6.93. The summed E-state index contributed by atoms with van der Waals surface area (Å²) in [6.07, 6.45) is 0. The molecule has 1 nitrogen and oxygen atoms in total. The Labute approximate surface area is 152 Å². The van der Waals surface area contributed by atoms with Crippen LogP contribution in [0.15, 0.2) is 84.9 Å². The summed E-state index contributed by atoms with van der Waals surface area (Å²) in [5, 5.41) is 7.42. The average molecular weight is 333 g/mol. The van der Waals surface area contributed by atoms with Gasteiger partial charge in [-0.25, -0.2) is 0 Å². The minimum absolute atomic E-state index is 0.826. The number of benzene rings is 5. The fraction of sp³-hybridized carbons (Fsp3) is 0.0400. The number of nitrogen functional groups attached to an aromatic ring is 1. The van der Waals surface area contributed by atoms with Gasteiger partial charge in [0.1, 0.15) is 0 Å². The molecule has 0 saturated carbocycles. The minimum Gasteiger partial charge on any atom is -0.398 e. The van der Waals surface area contributed by atoms with Gasteiger partial charge < -0.3 is 5.73 Å². The highest BCUT2D eigenvalue weighted by Gasteiger charge is 2.14. The van der Waals surface area contributed by atoms with Gasteiger partial charge in [-0.15, -0.1) is 0 Å². The number of anilines is 1. The molecule has 26 heavy (non-hydrogen) atoms. The first-order valence-corrected chi connectivity index (χ1v) is 8.92. The summed E-state index contributed by atoms with van der Waals surface area (Å²) >= 11 is 0. The second kappa shape index (κ2) is 5.60. The van der Waals surface area contributed by atoms with Gasteiger partial charge in [0, 0.05) is 11.3 Å². The van der Waals surface area contributed by atoms with Gasteiger partial charge in [-0.2, -0.15) is 0 Å². The Morgan fingerprint density at radius 3 is 2.00 bits per heavy atom. The molecule has 0 heterocycles. The molecule has 0 aromatic heterocycles. The predicted octanol–water partition coefficient (Wildman–Crippen LogP) is 6.70. The Kier molecular flexibility index (Phi) is 3.23. The first-order valence-electron chi connectivity index (χ1n) is 8.92. The summed E-state index contributed by atoms with van der Waals surface area (Å²) in [6.45, 7) is 2.17. The highest BCUT2D eigenvalue weighted by Crippen LogP contribution is 2.41. The van der Waals surface area contributed by atoms with Crippen LogP contribution in [0.1, 0.15) is 5.56 Å². The molecule has 0 saturated heterocycles. The van der Waals surface area contributed by atoms with E-state index in [1.54, 1.807) is 0 Å². The number of rotatable bonds is 1. The van der Waals surface area contributed by atoms with Gasteiger partial charge in [-0.1, -0.05) is 66.7 Å². The van der Waals surface area contributed by atoms with E-state index in [2.05, 4.69) is 85.8 Å². The zero-order valence-electron chi connectivity index (χ0n) is 14.7. The summed E-state index contributed by atoms with van der Waals surface area (Å²) < 4.78 is 0. The summed E-state index contributed by atoms with van der Waals surface area (Å²) in [5.41, 5.74) is 11.0. The van der Waals surface area contributed by atoms with Gasteiger partial charge in [-0.3, -0.25) is 0 Å². The van der Waals surface area contributed by atoms with E-state index in [1.807, 2.05) is 6.07 Å². The third-order valence-corrected chi connectivity index (χ3v) is 5.31. The number of hydrogen-bond donors (Lipinski definition) is 1. The van der Waals surface area contributed by atoms with Crippen LogP contribution in [0.2, 0.25) is 0 Å². The van der Waals surface area contributed by atoms with Gasteiger partial charge in [0.15, 0.2) is 0 Å². The van der Waals surface area contributed by atoms with Gasteiger partial charge in [-0.05, 0) is 68.6 Å². The highest BCUT2D eigenvalue weighted by molar-refractivity contribution is 6.13. The molecule has 0 fully saturated rings. The maximum Gasteiger partial charge on any atom is 0.0400 e. The Morgan fingerprint density at radius 2 is 1.19 bits per heavy atom. The lowest BCUT2D eigenvalue weighted by Gasteiger charge is -2.16. The van der Waals surface area contributed by atoms with Crippen LogP contribution < -0.4 is 5.73 Å². The van der Waals surface area contributed by atoms with E-state index >= 15 is 0 Å². The van der Waals surface area contributed by atoms with Crippen LogP contribution in [-0.2, 0) is 0 Å². The van der Waals surface area contributed by atoms with Crippen LogP contribution in [0, 0.1) is 6.92 Å². The maximum absolute atomic E-state index is 6.52. The molecule has 5 aromatic carbocycles. The molecule has 1 heteroatoms. The van der Waals surface area contributed by atoms with Crippen molar-refractivity contribution in [3.8, 4) is 11.1 Å². The Balaban J connectivity index is 1.97. The van der Waals surface area contributed by atoms with Crippen molar-refractivity contribution in [2.24, 2.45) is 0 Å². The molecule has 2 N–H and O–H groups in total. The summed E-state index contributed by atoms with van der Waals surface area (Å²) in [6, 6.07) is 30.1. The van der Waals surface area contributed by atoms with Gasteiger partial charge >= 0.3 is 0 Å². The van der Waals surface area contributed by atoms with Gasteiger partial charge in [0.05, 0.1) is 0 Å². The molecular formula is C25H19N. The van der Waals surface area contributed by atoms with Crippen molar-refractivity contribution < 1.29 is 0 Å². The normalized spacial score (nSPS) is 11.4. The number of hydrogen-bond acceptors (Lipinski definition) is 1. The molecular weight excluding hydrogens is 314 g/mol.